The molecule has 0 unspecified atom stereocenters. The SMILES string of the molecule is O=C(c1ccc2[nH]ccc2c1)C1(Cc2ccc(Cl)c(Cl)c2)CCNCC1. The van der Waals surface area contributed by atoms with Crippen molar-refractivity contribution in [3.05, 3.63) is 69.8 Å². The Hall–Kier alpha value is -1.81. The number of halogens is 2. The van der Waals surface area contributed by atoms with Gasteiger partial charge >= 0.3 is 0 Å². The van der Waals surface area contributed by atoms with Crippen molar-refractivity contribution < 1.29 is 4.79 Å². The van der Waals surface area contributed by atoms with Gasteiger partial charge in [0.15, 0.2) is 5.78 Å². The second-order valence-corrected chi connectivity index (χ2v) is 7.88. The van der Waals surface area contributed by atoms with Gasteiger partial charge in [-0.15, -0.1) is 0 Å². The molecule has 26 heavy (non-hydrogen) atoms. The molecule has 0 aliphatic carbocycles. The zero-order chi connectivity index (χ0) is 18.1. The van der Waals surface area contributed by atoms with Crippen LogP contribution in [0.15, 0.2) is 48.7 Å². The van der Waals surface area contributed by atoms with Crippen molar-refractivity contribution in [1.82, 2.24) is 10.3 Å². The molecule has 2 N–H and O–H groups in total. The number of ketones is 1. The molecule has 0 bridgehead atoms. The van der Waals surface area contributed by atoms with Gasteiger partial charge < -0.3 is 10.3 Å². The summed E-state index contributed by atoms with van der Waals surface area (Å²) < 4.78 is 0. The van der Waals surface area contributed by atoms with Gasteiger partial charge in [-0.2, -0.15) is 0 Å². The fourth-order valence-electron chi connectivity index (χ4n) is 3.93. The van der Waals surface area contributed by atoms with Crippen LogP contribution in [0.4, 0.5) is 0 Å². The van der Waals surface area contributed by atoms with Gasteiger partial charge in [0.2, 0.25) is 0 Å². The van der Waals surface area contributed by atoms with Gasteiger partial charge in [0.1, 0.15) is 0 Å². The largest absolute Gasteiger partial charge is 0.361 e. The molecule has 0 radical (unpaired) electrons. The zero-order valence-electron chi connectivity index (χ0n) is 14.3. The van der Waals surface area contributed by atoms with Crippen LogP contribution in [0.25, 0.3) is 10.9 Å². The predicted octanol–water partition coefficient (Wildman–Crippen LogP) is 5.27. The Kier molecular flexibility index (Phi) is 4.78. The van der Waals surface area contributed by atoms with Crippen molar-refractivity contribution in [3.8, 4) is 0 Å². The maximum absolute atomic E-state index is 13.5. The number of carbonyl (C=O) groups is 1. The molecular weight excluding hydrogens is 367 g/mol. The third kappa shape index (κ3) is 3.27. The Morgan fingerprint density at radius 1 is 1.00 bits per heavy atom. The van der Waals surface area contributed by atoms with E-state index >= 15 is 0 Å². The smallest absolute Gasteiger partial charge is 0.169 e. The van der Waals surface area contributed by atoms with Crippen LogP contribution in [-0.2, 0) is 6.42 Å². The molecule has 0 spiro atoms. The molecule has 134 valence electrons. The van der Waals surface area contributed by atoms with Gasteiger partial charge in [0.25, 0.3) is 0 Å². The molecule has 0 amide bonds. The minimum absolute atomic E-state index is 0.216. The molecule has 5 heteroatoms. The summed E-state index contributed by atoms with van der Waals surface area (Å²) in [5, 5.41) is 5.51. The monoisotopic (exact) mass is 386 g/mol. The molecule has 1 fully saturated rings. The van der Waals surface area contributed by atoms with Gasteiger partial charge in [0.05, 0.1) is 10.0 Å². The quantitative estimate of drug-likeness (QED) is 0.599. The van der Waals surface area contributed by atoms with Crippen LogP contribution in [-0.4, -0.2) is 23.9 Å². The topological polar surface area (TPSA) is 44.9 Å². The number of nitrogens with one attached hydrogen (secondary N) is 2. The Bertz CT molecular complexity index is 958. The van der Waals surface area contributed by atoms with E-state index in [-0.39, 0.29) is 5.78 Å². The highest BCUT2D eigenvalue weighted by Gasteiger charge is 2.40. The molecule has 0 saturated carbocycles. The number of benzene rings is 2. The summed E-state index contributed by atoms with van der Waals surface area (Å²) in [5.74, 6) is 0.216. The number of hydrogen-bond donors (Lipinski definition) is 2. The first-order chi connectivity index (χ1) is 12.6. The molecule has 0 atom stereocenters. The molecule has 3 nitrogen and oxygen atoms in total. The number of aromatic nitrogens is 1. The summed E-state index contributed by atoms with van der Waals surface area (Å²) in [6, 6.07) is 13.6. The van der Waals surface area contributed by atoms with Crippen molar-refractivity contribution in [2.75, 3.05) is 13.1 Å². The molecule has 1 saturated heterocycles. The summed E-state index contributed by atoms with van der Waals surface area (Å²) in [4.78, 5) is 16.7. The summed E-state index contributed by atoms with van der Waals surface area (Å²) in [6.07, 6.45) is 4.21. The number of fused-ring (bicyclic) bond motifs is 1. The highest BCUT2D eigenvalue weighted by atomic mass is 35.5. The average molecular weight is 387 g/mol. The number of rotatable bonds is 4. The minimum atomic E-state index is -0.410. The zero-order valence-corrected chi connectivity index (χ0v) is 15.8. The first kappa shape index (κ1) is 17.6. The van der Waals surface area contributed by atoms with E-state index in [1.54, 1.807) is 0 Å². The molecule has 4 rings (SSSR count). The van der Waals surface area contributed by atoms with E-state index in [0.29, 0.717) is 16.5 Å². The van der Waals surface area contributed by atoms with Crippen molar-refractivity contribution in [1.29, 1.82) is 0 Å². The second-order valence-electron chi connectivity index (χ2n) is 7.06. The summed E-state index contributed by atoms with van der Waals surface area (Å²) >= 11 is 12.2. The highest BCUT2D eigenvalue weighted by molar-refractivity contribution is 6.42. The van der Waals surface area contributed by atoms with Gasteiger partial charge in [0, 0.05) is 28.1 Å². The van der Waals surface area contributed by atoms with Crippen LogP contribution in [0, 0.1) is 5.41 Å². The van der Waals surface area contributed by atoms with Crippen LogP contribution in [0.5, 0.6) is 0 Å². The summed E-state index contributed by atoms with van der Waals surface area (Å²) in [7, 11) is 0. The lowest BCUT2D eigenvalue weighted by Crippen LogP contribution is -2.43. The minimum Gasteiger partial charge on any atom is -0.361 e. The van der Waals surface area contributed by atoms with Crippen LogP contribution >= 0.6 is 23.2 Å². The van der Waals surface area contributed by atoms with Crippen LogP contribution < -0.4 is 5.32 Å². The first-order valence-corrected chi connectivity index (χ1v) is 9.60. The number of carbonyl (C=O) groups excluding carboxylic acids is 1. The van der Waals surface area contributed by atoms with E-state index < -0.39 is 5.41 Å². The van der Waals surface area contributed by atoms with Crippen molar-refractivity contribution in [2.24, 2.45) is 5.41 Å². The first-order valence-electron chi connectivity index (χ1n) is 8.84. The van der Waals surface area contributed by atoms with Gasteiger partial charge in [-0.25, -0.2) is 0 Å². The van der Waals surface area contributed by atoms with Crippen LogP contribution in [0.2, 0.25) is 10.0 Å². The molecular formula is C21H20Cl2N2O. The predicted molar refractivity (Wildman–Crippen MR) is 107 cm³/mol. The average Bonchev–Trinajstić information content (AvgIpc) is 3.12. The molecule has 1 aliphatic rings. The Morgan fingerprint density at radius 2 is 1.81 bits per heavy atom. The van der Waals surface area contributed by atoms with Gasteiger partial charge in [-0.1, -0.05) is 29.3 Å². The Labute approximate surface area is 162 Å². The molecule has 3 aromatic rings. The third-order valence-corrected chi connectivity index (χ3v) is 6.12. The lowest BCUT2D eigenvalue weighted by molar-refractivity contribution is 0.0726. The number of Topliss-reactive ketones (excluding diaryl/α,β-unsaturated/α-hetero) is 1. The van der Waals surface area contributed by atoms with E-state index in [1.807, 2.05) is 48.7 Å². The summed E-state index contributed by atoms with van der Waals surface area (Å²) in [6.45, 7) is 1.69. The summed E-state index contributed by atoms with van der Waals surface area (Å²) in [5.41, 5.74) is 2.47. The third-order valence-electron chi connectivity index (χ3n) is 5.38. The standard InChI is InChI=1S/C21H20Cl2N2O/c22-17-3-1-14(11-18(17)23)13-21(6-9-24-10-7-21)20(26)16-2-4-19-15(12-16)5-8-25-19/h1-5,8,11-12,24-25H,6-7,9-10,13H2. The maximum atomic E-state index is 13.5. The Morgan fingerprint density at radius 3 is 2.58 bits per heavy atom. The van der Waals surface area contributed by atoms with E-state index in [2.05, 4.69) is 10.3 Å². The van der Waals surface area contributed by atoms with Crippen LogP contribution in [0.1, 0.15) is 28.8 Å². The maximum Gasteiger partial charge on any atom is 0.169 e. The molecule has 1 aromatic heterocycles. The fraction of sp³-hybridized carbons (Fsp3) is 0.286. The normalized spacial score (nSPS) is 16.7. The van der Waals surface area contributed by atoms with Crippen molar-refractivity contribution in [2.45, 2.75) is 19.3 Å². The molecule has 1 aliphatic heterocycles. The highest BCUT2D eigenvalue weighted by Crippen LogP contribution is 2.38. The van der Waals surface area contributed by atoms with E-state index in [0.717, 1.165) is 48.0 Å². The number of H-pyrrole nitrogens is 1. The molecule has 2 heterocycles. The van der Waals surface area contributed by atoms with Gasteiger partial charge in [-0.05, 0) is 74.3 Å². The van der Waals surface area contributed by atoms with Crippen molar-refractivity contribution >= 4 is 39.9 Å². The van der Waals surface area contributed by atoms with E-state index in [4.69, 9.17) is 23.2 Å². The number of piperidine rings is 1. The fourth-order valence-corrected chi connectivity index (χ4v) is 4.25. The second kappa shape index (κ2) is 7.07. The molecule has 2 aromatic carbocycles. The van der Waals surface area contributed by atoms with Gasteiger partial charge in [-0.3, -0.25) is 4.79 Å². The number of hydrogen-bond acceptors (Lipinski definition) is 2. The van der Waals surface area contributed by atoms with E-state index in [9.17, 15) is 4.79 Å². The Balaban J connectivity index is 1.70. The van der Waals surface area contributed by atoms with E-state index in [1.165, 1.54) is 0 Å². The number of aromatic amines is 1. The lowest BCUT2D eigenvalue weighted by Gasteiger charge is -2.36. The van der Waals surface area contributed by atoms with Crippen molar-refractivity contribution in [3.63, 3.8) is 0 Å². The van der Waals surface area contributed by atoms with Crippen LogP contribution in [0.3, 0.4) is 0 Å². The lowest BCUT2D eigenvalue weighted by atomic mass is 9.69.